The number of alkyl halides is 3. The zero-order valence-electron chi connectivity index (χ0n) is 16.4. The third-order valence-corrected chi connectivity index (χ3v) is 4.21. The Balaban J connectivity index is 1.89. The fourth-order valence-corrected chi connectivity index (χ4v) is 2.70. The first-order chi connectivity index (χ1) is 13.8. The van der Waals surface area contributed by atoms with Crippen LogP contribution in [0.1, 0.15) is 16.7 Å². The molecular formula is C20H23F3N2O4. The van der Waals surface area contributed by atoms with Crippen LogP contribution in [0.5, 0.6) is 17.2 Å². The summed E-state index contributed by atoms with van der Waals surface area (Å²) in [4.78, 5) is 11.9. The maximum absolute atomic E-state index is 13.2. The number of hydrogen-bond donors (Lipinski definition) is 2. The molecule has 2 rings (SSSR count). The van der Waals surface area contributed by atoms with Gasteiger partial charge in [-0.15, -0.1) is 0 Å². The number of ether oxygens (including phenoxy) is 3. The summed E-state index contributed by atoms with van der Waals surface area (Å²) in [6.45, 7) is 0.0388. The van der Waals surface area contributed by atoms with Crippen LogP contribution in [0.15, 0.2) is 36.4 Å². The summed E-state index contributed by atoms with van der Waals surface area (Å²) in [6, 6.07) is 8.45. The maximum atomic E-state index is 13.2. The molecule has 0 aromatic heterocycles. The number of urea groups is 1. The third-order valence-electron chi connectivity index (χ3n) is 4.21. The van der Waals surface area contributed by atoms with E-state index in [0.29, 0.717) is 24.5 Å². The fraction of sp³-hybridized carbons (Fsp3) is 0.350. The minimum atomic E-state index is -4.55. The molecule has 0 radical (unpaired) electrons. The summed E-state index contributed by atoms with van der Waals surface area (Å²) in [5.41, 5.74) is 0.0216. The van der Waals surface area contributed by atoms with Gasteiger partial charge in [0.15, 0.2) is 11.5 Å². The summed E-state index contributed by atoms with van der Waals surface area (Å²) in [7, 11) is 4.36. The van der Waals surface area contributed by atoms with E-state index in [-0.39, 0.29) is 17.9 Å². The molecule has 0 saturated heterocycles. The Bertz CT molecular complexity index is 841. The van der Waals surface area contributed by atoms with Gasteiger partial charge in [0.1, 0.15) is 5.75 Å². The molecule has 0 spiro atoms. The Hall–Kier alpha value is -3.10. The first-order valence-electron chi connectivity index (χ1n) is 8.75. The second kappa shape index (κ2) is 9.90. The van der Waals surface area contributed by atoms with Crippen molar-refractivity contribution in [3.05, 3.63) is 53.1 Å². The highest BCUT2D eigenvalue weighted by Crippen LogP contribution is 2.34. The summed E-state index contributed by atoms with van der Waals surface area (Å²) in [5.74, 6) is 1.27. The van der Waals surface area contributed by atoms with Crippen molar-refractivity contribution in [2.75, 3.05) is 27.9 Å². The number of halogens is 3. The van der Waals surface area contributed by atoms with Crippen LogP contribution in [0.3, 0.4) is 0 Å². The van der Waals surface area contributed by atoms with Crippen LogP contribution >= 0.6 is 0 Å². The van der Waals surface area contributed by atoms with Crippen LogP contribution in [0.25, 0.3) is 0 Å². The lowest BCUT2D eigenvalue weighted by molar-refractivity contribution is -0.138. The van der Waals surface area contributed by atoms with Gasteiger partial charge in [0.2, 0.25) is 0 Å². The lowest BCUT2D eigenvalue weighted by Gasteiger charge is -2.15. The largest absolute Gasteiger partial charge is 0.497 e. The van der Waals surface area contributed by atoms with Crippen LogP contribution in [0.4, 0.5) is 18.0 Å². The quantitative estimate of drug-likeness (QED) is 0.693. The van der Waals surface area contributed by atoms with Crippen LogP contribution < -0.4 is 24.8 Å². The molecule has 0 aliphatic heterocycles. The Labute approximate surface area is 167 Å². The van der Waals surface area contributed by atoms with Gasteiger partial charge in [-0.25, -0.2) is 4.79 Å². The first-order valence-corrected chi connectivity index (χ1v) is 8.75. The van der Waals surface area contributed by atoms with Crippen molar-refractivity contribution in [1.29, 1.82) is 0 Å². The summed E-state index contributed by atoms with van der Waals surface area (Å²) in [6.07, 6.45) is -4.03. The van der Waals surface area contributed by atoms with Gasteiger partial charge in [0.25, 0.3) is 0 Å². The van der Waals surface area contributed by atoms with Crippen molar-refractivity contribution < 1.29 is 32.2 Å². The van der Waals surface area contributed by atoms with Gasteiger partial charge in [-0.3, -0.25) is 0 Å². The molecule has 0 unspecified atom stereocenters. The van der Waals surface area contributed by atoms with Crippen molar-refractivity contribution in [3.63, 3.8) is 0 Å². The molecule has 158 valence electrons. The average molecular weight is 412 g/mol. The molecule has 6 nitrogen and oxygen atoms in total. The minimum Gasteiger partial charge on any atom is -0.497 e. The number of hydrogen-bond acceptors (Lipinski definition) is 4. The molecule has 0 fully saturated rings. The number of methoxy groups -OCH3 is 3. The van der Waals surface area contributed by atoms with Gasteiger partial charge in [0.05, 0.1) is 26.9 Å². The molecule has 2 amide bonds. The number of rotatable bonds is 8. The van der Waals surface area contributed by atoms with Gasteiger partial charge >= 0.3 is 12.2 Å². The van der Waals surface area contributed by atoms with E-state index in [1.807, 2.05) is 6.07 Å². The molecule has 29 heavy (non-hydrogen) atoms. The number of benzene rings is 2. The Morgan fingerprint density at radius 1 is 0.931 bits per heavy atom. The second-order valence-electron chi connectivity index (χ2n) is 6.07. The zero-order chi connectivity index (χ0) is 21.4. The van der Waals surface area contributed by atoms with Crippen molar-refractivity contribution >= 4 is 6.03 Å². The SMILES string of the molecule is COc1ccc(CNC(=O)NCCc2ccc(OC)c(OC)c2)c(C(F)(F)F)c1. The van der Waals surface area contributed by atoms with E-state index in [0.717, 1.165) is 11.6 Å². The zero-order valence-corrected chi connectivity index (χ0v) is 16.4. The maximum Gasteiger partial charge on any atom is 0.416 e. The molecule has 9 heteroatoms. The van der Waals surface area contributed by atoms with Crippen LogP contribution in [-0.2, 0) is 19.1 Å². The highest BCUT2D eigenvalue weighted by molar-refractivity contribution is 5.73. The van der Waals surface area contributed by atoms with Crippen LogP contribution in [0.2, 0.25) is 0 Å². The lowest BCUT2D eigenvalue weighted by atomic mass is 10.1. The van der Waals surface area contributed by atoms with E-state index in [1.54, 1.807) is 12.1 Å². The molecule has 2 N–H and O–H groups in total. The Kier molecular flexibility index (Phi) is 7.58. The minimum absolute atomic E-state index is 0.0478. The van der Waals surface area contributed by atoms with E-state index in [2.05, 4.69) is 10.6 Å². The third kappa shape index (κ3) is 6.20. The molecule has 2 aromatic rings. The fourth-order valence-electron chi connectivity index (χ4n) is 2.70. The Morgan fingerprint density at radius 2 is 1.66 bits per heavy atom. The van der Waals surface area contributed by atoms with Crippen molar-refractivity contribution in [1.82, 2.24) is 10.6 Å². The normalized spacial score (nSPS) is 11.0. The number of nitrogens with one attached hydrogen (secondary N) is 2. The summed E-state index contributed by atoms with van der Waals surface area (Å²) >= 11 is 0. The number of carbonyl (C=O) groups excluding carboxylic acids is 1. The first kappa shape index (κ1) is 22.2. The van der Waals surface area contributed by atoms with E-state index < -0.39 is 17.8 Å². The summed E-state index contributed by atoms with van der Waals surface area (Å²) in [5, 5.41) is 5.06. The van der Waals surface area contributed by atoms with E-state index >= 15 is 0 Å². The number of carbonyl (C=O) groups is 1. The molecule has 0 saturated carbocycles. The molecule has 2 aromatic carbocycles. The van der Waals surface area contributed by atoms with E-state index in [9.17, 15) is 18.0 Å². The van der Waals surface area contributed by atoms with Gasteiger partial charge in [-0.05, 0) is 41.8 Å². The molecule has 0 heterocycles. The van der Waals surface area contributed by atoms with Crippen molar-refractivity contribution in [2.45, 2.75) is 19.1 Å². The predicted molar refractivity (Wildman–Crippen MR) is 101 cm³/mol. The van der Waals surface area contributed by atoms with Crippen LogP contribution in [0, 0.1) is 0 Å². The van der Waals surface area contributed by atoms with Gasteiger partial charge < -0.3 is 24.8 Å². The van der Waals surface area contributed by atoms with Gasteiger partial charge in [0, 0.05) is 13.1 Å². The monoisotopic (exact) mass is 412 g/mol. The second-order valence-corrected chi connectivity index (χ2v) is 6.07. The van der Waals surface area contributed by atoms with Crippen molar-refractivity contribution in [3.8, 4) is 17.2 Å². The molecule has 0 aliphatic carbocycles. The molecule has 0 bridgehead atoms. The Morgan fingerprint density at radius 3 is 2.28 bits per heavy atom. The highest BCUT2D eigenvalue weighted by atomic mass is 19.4. The number of amides is 2. The smallest absolute Gasteiger partial charge is 0.416 e. The van der Waals surface area contributed by atoms with E-state index in [1.165, 1.54) is 33.5 Å². The standard InChI is InChI=1S/C20H23F3N2O4/c1-27-15-6-5-14(16(11-15)20(21,22)23)12-25-19(26)24-9-8-13-4-7-17(28-2)18(10-13)29-3/h4-7,10-11H,8-9,12H2,1-3H3,(H2,24,25,26). The molecule has 0 atom stereocenters. The average Bonchev–Trinajstić information content (AvgIpc) is 2.71. The molecular weight excluding hydrogens is 389 g/mol. The van der Waals surface area contributed by atoms with E-state index in [4.69, 9.17) is 14.2 Å². The van der Waals surface area contributed by atoms with Gasteiger partial charge in [-0.1, -0.05) is 12.1 Å². The van der Waals surface area contributed by atoms with Crippen molar-refractivity contribution in [2.24, 2.45) is 0 Å². The molecule has 0 aliphatic rings. The lowest BCUT2D eigenvalue weighted by Crippen LogP contribution is -2.36. The highest BCUT2D eigenvalue weighted by Gasteiger charge is 2.33. The van der Waals surface area contributed by atoms with Gasteiger partial charge in [-0.2, -0.15) is 13.2 Å². The van der Waals surface area contributed by atoms with Crippen LogP contribution in [-0.4, -0.2) is 33.9 Å². The topological polar surface area (TPSA) is 68.8 Å². The predicted octanol–water partition coefficient (Wildman–Crippen LogP) is 3.77. The summed E-state index contributed by atoms with van der Waals surface area (Å²) < 4.78 is 54.8.